The van der Waals surface area contributed by atoms with Crippen LogP contribution in [0, 0.1) is 11.8 Å². The van der Waals surface area contributed by atoms with E-state index in [1.807, 2.05) is 36.4 Å². The molecule has 2 aromatic heterocycles. The van der Waals surface area contributed by atoms with Crippen LogP contribution < -0.4 is 5.73 Å². The van der Waals surface area contributed by atoms with Gasteiger partial charge in [-0.05, 0) is 43.8 Å². The van der Waals surface area contributed by atoms with Crippen LogP contribution in [0.1, 0.15) is 48.2 Å². The highest BCUT2D eigenvalue weighted by Gasteiger charge is 2.13. The van der Waals surface area contributed by atoms with E-state index in [4.69, 9.17) is 5.73 Å². The molecule has 7 heteroatoms. The lowest BCUT2D eigenvalue weighted by molar-refractivity contribution is 0.0877. The van der Waals surface area contributed by atoms with Gasteiger partial charge in [-0.15, -0.1) is 0 Å². The Morgan fingerprint density at radius 1 is 1.11 bits per heavy atom. The second-order valence-electron chi connectivity index (χ2n) is 8.72. The van der Waals surface area contributed by atoms with Crippen molar-refractivity contribution >= 4 is 22.4 Å². The van der Waals surface area contributed by atoms with Crippen LogP contribution in [-0.2, 0) is 0 Å². The normalized spacial score (nSPS) is 11.9. The summed E-state index contributed by atoms with van der Waals surface area (Å²) in [6.45, 7) is 6.49. The molecule has 1 unspecified atom stereocenters. The topological polar surface area (TPSA) is 108 Å². The van der Waals surface area contributed by atoms with Crippen LogP contribution in [0.15, 0.2) is 60.9 Å². The summed E-state index contributed by atoms with van der Waals surface area (Å²) in [7, 11) is 0. The van der Waals surface area contributed by atoms with E-state index in [0.29, 0.717) is 36.3 Å². The Morgan fingerprint density at radius 2 is 1.89 bits per heavy atom. The third kappa shape index (κ3) is 5.98. The van der Waals surface area contributed by atoms with Gasteiger partial charge in [-0.1, -0.05) is 50.0 Å². The predicted octanol–water partition coefficient (Wildman–Crippen LogP) is 4.27. The Kier molecular flexibility index (Phi) is 8.11. The quantitative estimate of drug-likeness (QED) is 0.243. The average Bonchev–Trinajstić information content (AvgIpc) is 3.45. The number of likely N-dealkylation sites (N-methyl/N-ethyl adjacent to an activating group) is 1. The third-order valence-corrected chi connectivity index (χ3v) is 6.34. The van der Waals surface area contributed by atoms with E-state index in [-0.39, 0.29) is 5.78 Å². The monoisotopic (exact) mass is 481 g/mol. The minimum atomic E-state index is -0.507. The highest BCUT2D eigenvalue weighted by atomic mass is 16.3. The van der Waals surface area contributed by atoms with Crippen molar-refractivity contribution in [1.29, 1.82) is 0 Å². The maximum absolute atomic E-state index is 12.6. The number of aromatic nitrogens is 3. The molecule has 7 nitrogen and oxygen atoms in total. The summed E-state index contributed by atoms with van der Waals surface area (Å²) < 4.78 is 0. The van der Waals surface area contributed by atoms with Gasteiger partial charge in [0, 0.05) is 52.8 Å². The number of benzene rings is 2. The van der Waals surface area contributed by atoms with Crippen LogP contribution in [0.5, 0.6) is 0 Å². The number of anilines is 1. The van der Waals surface area contributed by atoms with E-state index >= 15 is 0 Å². The van der Waals surface area contributed by atoms with E-state index in [1.54, 1.807) is 24.5 Å². The molecule has 0 bridgehead atoms. The maximum Gasteiger partial charge on any atom is 0.162 e. The van der Waals surface area contributed by atoms with Gasteiger partial charge in [-0.25, -0.2) is 4.98 Å². The number of nitrogens with two attached hydrogens (primary N) is 1. The minimum absolute atomic E-state index is 0.0157. The van der Waals surface area contributed by atoms with Gasteiger partial charge in [0.25, 0.3) is 0 Å². The molecular formula is C29H31N5O2. The number of Topliss-reactive ketones (excluding diaryl/α,β-unsaturated/α-hetero) is 1. The van der Waals surface area contributed by atoms with Crippen LogP contribution >= 0.6 is 0 Å². The fraction of sp³-hybridized carbons (Fsp3) is 0.276. The van der Waals surface area contributed by atoms with E-state index in [9.17, 15) is 9.90 Å². The number of H-pyrrole nitrogens is 1. The molecule has 0 aliphatic heterocycles. The fourth-order valence-electron chi connectivity index (χ4n) is 4.13. The molecule has 4 aromatic rings. The molecule has 4 rings (SSSR count). The van der Waals surface area contributed by atoms with Gasteiger partial charge in [0.05, 0.1) is 17.4 Å². The molecule has 1 atom stereocenters. The number of nitrogen functional groups attached to an aromatic ring is 1. The summed E-state index contributed by atoms with van der Waals surface area (Å²) in [6.07, 6.45) is 3.71. The SMILES string of the molecule is CCN(CC)CC(O)CCC(=O)c1ccc(C#Cc2c(N)ncc3ccc(-c4ccn[nH]4)cc23)cc1. The molecule has 0 fully saturated rings. The van der Waals surface area contributed by atoms with Crippen molar-refractivity contribution < 1.29 is 9.90 Å². The van der Waals surface area contributed by atoms with Gasteiger partial charge in [-0.3, -0.25) is 9.89 Å². The lowest BCUT2D eigenvalue weighted by Crippen LogP contribution is -2.32. The van der Waals surface area contributed by atoms with Crippen LogP contribution in [-0.4, -0.2) is 56.7 Å². The number of ketones is 1. The lowest BCUT2D eigenvalue weighted by Gasteiger charge is -2.21. The Hall–Kier alpha value is -3.99. The molecule has 0 spiro atoms. The molecule has 0 saturated carbocycles. The second-order valence-corrected chi connectivity index (χ2v) is 8.72. The van der Waals surface area contributed by atoms with Gasteiger partial charge in [0.2, 0.25) is 0 Å². The highest BCUT2D eigenvalue weighted by Crippen LogP contribution is 2.27. The van der Waals surface area contributed by atoms with Crippen molar-refractivity contribution in [3.8, 4) is 23.1 Å². The summed E-state index contributed by atoms with van der Waals surface area (Å²) >= 11 is 0. The van der Waals surface area contributed by atoms with Crippen molar-refractivity contribution in [3.05, 3.63) is 77.6 Å². The Balaban J connectivity index is 1.48. The first kappa shape index (κ1) is 25.1. The largest absolute Gasteiger partial charge is 0.392 e. The Labute approximate surface area is 211 Å². The molecular weight excluding hydrogens is 450 g/mol. The molecule has 0 aliphatic carbocycles. The first-order chi connectivity index (χ1) is 17.5. The molecule has 2 heterocycles. The van der Waals surface area contributed by atoms with Crippen LogP contribution in [0.3, 0.4) is 0 Å². The van der Waals surface area contributed by atoms with Crippen LogP contribution in [0.4, 0.5) is 5.82 Å². The van der Waals surface area contributed by atoms with E-state index in [1.165, 1.54) is 0 Å². The lowest BCUT2D eigenvalue weighted by atomic mass is 10.0. The average molecular weight is 482 g/mol. The molecule has 0 saturated heterocycles. The van der Waals surface area contributed by atoms with Crippen molar-refractivity contribution in [1.82, 2.24) is 20.1 Å². The van der Waals surface area contributed by atoms with E-state index in [2.05, 4.69) is 45.8 Å². The number of rotatable bonds is 9. The molecule has 0 radical (unpaired) electrons. The van der Waals surface area contributed by atoms with Crippen molar-refractivity contribution in [3.63, 3.8) is 0 Å². The van der Waals surface area contributed by atoms with Crippen LogP contribution in [0.25, 0.3) is 22.0 Å². The number of nitrogens with zero attached hydrogens (tertiary/aromatic N) is 3. The van der Waals surface area contributed by atoms with E-state index < -0.39 is 6.10 Å². The molecule has 0 amide bonds. The summed E-state index contributed by atoms with van der Waals surface area (Å²) in [5, 5.41) is 19.1. The number of aliphatic hydroxyl groups is 1. The molecule has 36 heavy (non-hydrogen) atoms. The molecule has 2 aromatic carbocycles. The third-order valence-electron chi connectivity index (χ3n) is 6.34. The number of carbonyl (C=O) groups is 1. The number of hydrogen-bond acceptors (Lipinski definition) is 6. The van der Waals surface area contributed by atoms with Gasteiger partial charge in [-0.2, -0.15) is 5.10 Å². The van der Waals surface area contributed by atoms with Gasteiger partial charge < -0.3 is 15.7 Å². The molecule has 0 aliphatic rings. The minimum Gasteiger partial charge on any atom is -0.392 e. The molecule has 4 N–H and O–H groups in total. The Morgan fingerprint density at radius 3 is 2.58 bits per heavy atom. The summed E-state index contributed by atoms with van der Waals surface area (Å²) in [5.41, 5.74) is 10.1. The first-order valence-corrected chi connectivity index (χ1v) is 12.2. The number of pyridine rings is 1. The number of aliphatic hydroxyl groups excluding tert-OH is 1. The Bertz CT molecular complexity index is 1380. The standard InChI is InChI=1S/C29H31N5O2/c1-3-34(4-2)19-24(35)12-14-28(36)21-8-5-20(6-9-21)7-13-25-26-17-22(27-15-16-32-33-27)10-11-23(26)18-31-29(25)30/h5-6,8-11,15-18,24,35H,3-4,12,14,19H2,1-2H3,(H2,30,31)(H,32,33). The van der Waals surface area contributed by atoms with Crippen molar-refractivity contribution in [2.24, 2.45) is 0 Å². The van der Waals surface area contributed by atoms with Crippen LogP contribution in [0.2, 0.25) is 0 Å². The summed E-state index contributed by atoms with van der Waals surface area (Å²) in [4.78, 5) is 19.0. The van der Waals surface area contributed by atoms with Crippen molar-refractivity contribution in [2.75, 3.05) is 25.4 Å². The number of aromatic amines is 1. The smallest absolute Gasteiger partial charge is 0.162 e. The van der Waals surface area contributed by atoms with Gasteiger partial charge in [0.1, 0.15) is 5.82 Å². The van der Waals surface area contributed by atoms with E-state index in [0.717, 1.165) is 40.7 Å². The maximum atomic E-state index is 12.6. The number of fused-ring (bicyclic) bond motifs is 1. The first-order valence-electron chi connectivity index (χ1n) is 12.2. The molecule has 184 valence electrons. The van der Waals surface area contributed by atoms with Gasteiger partial charge >= 0.3 is 0 Å². The zero-order chi connectivity index (χ0) is 25.5. The number of carbonyl (C=O) groups excluding carboxylic acids is 1. The number of hydrogen-bond donors (Lipinski definition) is 3. The summed E-state index contributed by atoms with van der Waals surface area (Å²) in [6, 6.07) is 15.2. The highest BCUT2D eigenvalue weighted by molar-refractivity contribution is 5.96. The zero-order valence-corrected chi connectivity index (χ0v) is 20.7. The predicted molar refractivity (Wildman–Crippen MR) is 144 cm³/mol. The number of nitrogens with one attached hydrogen (secondary N) is 1. The van der Waals surface area contributed by atoms with Crippen molar-refractivity contribution in [2.45, 2.75) is 32.8 Å². The fourth-order valence-corrected chi connectivity index (χ4v) is 4.13. The zero-order valence-electron chi connectivity index (χ0n) is 20.7. The second kappa shape index (κ2) is 11.6. The summed E-state index contributed by atoms with van der Waals surface area (Å²) in [5.74, 6) is 6.71. The van der Waals surface area contributed by atoms with Gasteiger partial charge in [0.15, 0.2) is 5.78 Å².